The Morgan fingerprint density at radius 2 is 1.64 bits per heavy atom. The fourth-order valence-electron chi connectivity index (χ4n) is 3.26. The van der Waals surface area contributed by atoms with Gasteiger partial charge in [-0.05, 0) is 53.2 Å². The number of hydrogen-bond donors (Lipinski definition) is 2. The molecule has 164 valence electrons. The first-order valence-corrected chi connectivity index (χ1v) is 10.1. The number of nitrogens with zero attached hydrogens (tertiary/aromatic N) is 1. The van der Waals surface area contributed by atoms with E-state index in [1.165, 1.54) is 18.3 Å². The van der Waals surface area contributed by atoms with E-state index in [1.807, 2.05) is 30.3 Å². The van der Waals surface area contributed by atoms with E-state index >= 15 is 0 Å². The second-order valence-electron chi connectivity index (χ2n) is 7.03. The van der Waals surface area contributed by atoms with Crippen molar-refractivity contribution in [3.05, 3.63) is 102 Å². The molecule has 1 amide bonds. The number of aromatic hydroxyl groups is 1. The van der Waals surface area contributed by atoms with Crippen LogP contribution in [-0.4, -0.2) is 30.3 Å². The Bertz CT molecular complexity index is 1350. The first-order valence-electron chi connectivity index (χ1n) is 10.1. The monoisotopic (exact) mass is 440 g/mol. The van der Waals surface area contributed by atoms with Crippen molar-refractivity contribution >= 4 is 28.9 Å². The van der Waals surface area contributed by atoms with Crippen molar-refractivity contribution in [2.45, 2.75) is 0 Å². The van der Waals surface area contributed by atoms with Gasteiger partial charge in [-0.3, -0.25) is 4.79 Å². The van der Waals surface area contributed by atoms with Gasteiger partial charge in [-0.2, -0.15) is 5.10 Å². The number of hydrogen-bond acceptors (Lipinski definition) is 6. The number of nitrogens with one attached hydrogen (secondary N) is 1. The summed E-state index contributed by atoms with van der Waals surface area (Å²) in [7, 11) is 1.55. The molecule has 0 bridgehead atoms. The van der Waals surface area contributed by atoms with Crippen LogP contribution in [-0.2, 0) is 0 Å². The smallest absolute Gasteiger partial charge is 0.343 e. The third kappa shape index (κ3) is 4.83. The van der Waals surface area contributed by atoms with Crippen LogP contribution in [0.1, 0.15) is 26.3 Å². The van der Waals surface area contributed by atoms with Gasteiger partial charge in [-0.1, -0.05) is 42.5 Å². The van der Waals surface area contributed by atoms with Crippen LogP contribution in [0.25, 0.3) is 10.8 Å². The van der Waals surface area contributed by atoms with Crippen LogP contribution in [0.2, 0.25) is 0 Å². The van der Waals surface area contributed by atoms with Crippen LogP contribution in [0.15, 0.2) is 90.0 Å². The minimum Gasteiger partial charge on any atom is -0.507 e. The lowest BCUT2D eigenvalue weighted by atomic mass is 10.0. The van der Waals surface area contributed by atoms with Crippen LogP contribution in [0.3, 0.4) is 0 Å². The van der Waals surface area contributed by atoms with Gasteiger partial charge in [0, 0.05) is 5.56 Å². The molecule has 0 aliphatic carbocycles. The minimum absolute atomic E-state index is 0.0960. The molecule has 4 aromatic carbocycles. The summed E-state index contributed by atoms with van der Waals surface area (Å²) >= 11 is 0. The molecule has 0 fully saturated rings. The standard InChI is InChI=1S/C26H20N2O5/c1-32-19-13-10-18(11-14-19)26(31)33-24-15-12-17-6-2-3-7-20(17)22(24)16-27-28-25(30)21-8-4-5-9-23(21)29/h2-16,29H,1H3,(H,28,30)/b27-16+. The topological polar surface area (TPSA) is 97.2 Å². The Labute approximate surface area is 189 Å². The maximum atomic E-state index is 12.7. The lowest BCUT2D eigenvalue weighted by Gasteiger charge is -2.11. The first-order chi connectivity index (χ1) is 16.1. The van der Waals surface area contributed by atoms with Gasteiger partial charge in [0.25, 0.3) is 5.91 Å². The maximum absolute atomic E-state index is 12.7. The van der Waals surface area contributed by atoms with Gasteiger partial charge in [-0.25, -0.2) is 10.2 Å². The summed E-state index contributed by atoms with van der Waals surface area (Å²) in [6.45, 7) is 0. The number of fused-ring (bicyclic) bond motifs is 1. The Hall–Kier alpha value is -4.65. The fourth-order valence-corrected chi connectivity index (χ4v) is 3.26. The summed E-state index contributed by atoms with van der Waals surface area (Å²) in [5, 5.41) is 15.6. The van der Waals surface area contributed by atoms with Crippen molar-refractivity contribution in [2.24, 2.45) is 5.10 Å². The number of esters is 1. The molecule has 0 radical (unpaired) electrons. The van der Waals surface area contributed by atoms with Crippen molar-refractivity contribution in [2.75, 3.05) is 7.11 Å². The molecule has 2 N–H and O–H groups in total. The Morgan fingerprint density at radius 3 is 2.39 bits per heavy atom. The summed E-state index contributed by atoms with van der Waals surface area (Å²) in [4.78, 5) is 25.0. The summed E-state index contributed by atoms with van der Waals surface area (Å²) in [6.07, 6.45) is 1.41. The van der Waals surface area contributed by atoms with Crippen molar-refractivity contribution in [3.63, 3.8) is 0 Å². The molecule has 0 saturated carbocycles. The highest BCUT2D eigenvalue weighted by Gasteiger charge is 2.14. The second kappa shape index (κ2) is 9.65. The minimum atomic E-state index is -0.568. The van der Waals surface area contributed by atoms with E-state index < -0.39 is 11.9 Å². The molecule has 0 aliphatic heterocycles. The molecular weight excluding hydrogens is 420 g/mol. The summed E-state index contributed by atoms with van der Waals surface area (Å²) < 4.78 is 10.8. The molecule has 0 aromatic heterocycles. The molecular formula is C26H20N2O5. The number of para-hydroxylation sites is 1. The maximum Gasteiger partial charge on any atom is 0.343 e. The normalized spacial score (nSPS) is 10.8. The first kappa shape index (κ1) is 21.6. The Kier molecular flexibility index (Phi) is 6.31. The molecule has 0 saturated heterocycles. The molecule has 0 aliphatic rings. The zero-order valence-corrected chi connectivity index (χ0v) is 17.7. The van der Waals surface area contributed by atoms with E-state index in [0.717, 1.165) is 10.8 Å². The lowest BCUT2D eigenvalue weighted by molar-refractivity contribution is 0.0734. The molecule has 4 rings (SSSR count). The number of carbonyl (C=O) groups is 2. The number of benzene rings is 4. The number of ether oxygens (including phenoxy) is 2. The third-order valence-electron chi connectivity index (χ3n) is 4.97. The molecule has 0 unspecified atom stereocenters. The lowest BCUT2D eigenvalue weighted by Crippen LogP contribution is -2.18. The summed E-state index contributed by atoms with van der Waals surface area (Å²) in [5.41, 5.74) is 3.37. The molecule has 7 heteroatoms. The molecule has 0 spiro atoms. The number of rotatable bonds is 6. The zero-order valence-electron chi connectivity index (χ0n) is 17.7. The van der Waals surface area contributed by atoms with Crippen LogP contribution >= 0.6 is 0 Å². The van der Waals surface area contributed by atoms with E-state index in [0.29, 0.717) is 16.9 Å². The van der Waals surface area contributed by atoms with Crippen molar-refractivity contribution in [3.8, 4) is 17.2 Å². The highest BCUT2D eigenvalue weighted by molar-refractivity contribution is 6.04. The van der Waals surface area contributed by atoms with E-state index in [9.17, 15) is 14.7 Å². The second-order valence-corrected chi connectivity index (χ2v) is 7.03. The van der Waals surface area contributed by atoms with E-state index in [2.05, 4.69) is 10.5 Å². The zero-order chi connectivity index (χ0) is 23.2. The molecule has 33 heavy (non-hydrogen) atoms. The predicted molar refractivity (Wildman–Crippen MR) is 125 cm³/mol. The largest absolute Gasteiger partial charge is 0.507 e. The number of amides is 1. The molecule has 0 atom stereocenters. The van der Waals surface area contributed by atoms with E-state index in [1.54, 1.807) is 49.6 Å². The Balaban J connectivity index is 1.62. The van der Waals surface area contributed by atoms with Gasteiger partial charge in [0.15, 0.2) is 0 Å². The van der Waals surface area contributed by atoms with Crippen LogP contribution in [0.5, 0.6) is 17.2 Å². The summed E-state index contributed by atoms with van der Waals surface area (Å²) in [5.74, 6) is -0.341. The highest BCUT2D eigenvalue weighted by Crippen LogP contribution is 2.27. The quantitative estimate of drug-likeness (QED) is 0.199. The van der Waals surface area contributed by atoms with Crippen molar-refractivity contribution < 1.29 is 24.2 Å². The number of hydrazone groups is 1. The molecule has 7 nitrogen and oxygen atoms in total. The van der Waals surface area contributed by atoms with Crippen LogP contribution in [0.4, 0.5) is 0 Å². The SMILES string of the molecule is COc1ccc(C(=O)Oc2ccc3ccccc3c2/C=N/NC(=O)c2ccccc2O)cc1. The summed E-state index contributed by atoms with van der Waals surface area (Å²) in [6, 6.07) is 23.8. The Morgan fingerprint density at radius 1 is 0.909 bits per heavy atom. The number of phenols is 1. The number of carbonyl (C=O) groups excluding carboxylic acids is 2. The van der Waals surface area contributed by atoms with Crippen molar-refractivity contribution in [1.29, 1.82) is 0 Å². The third-order valence-corrected chi connectivity index (χ3v) is 4.97. The van der Waals surface area contributed by atoms with Gasteiger partial charge in [-0.15, -0.1) is 0 Å². The van der Waals surface area contributed by atoms with Crippen molar-refractivity contribution in [1.82, 2.24) is 5.43 Å². The van der Waals surface area contributed by atoms with Gasteiger partial charge in [0.05, 0.1) is 24.5 Å². The molecule has 0 heterocycles. The van der Waals surface area contributed by atoms with Crippen LogP contribution < -0.4 is 14.9 Å². The molecule has 4 aromatic rings. The van der Waals surface area contributed by atoms with E-state index in [-0.39, 0.29) is 17.1 Å². The van der Waals surface area contributed by atoms with Gasteiger partial charge in [0.2, 0.25) is 0 Å². The fraction of sp³-hybridized carbons (Fsp3) is 0.0385. The van der Waals surface area contributed by atoms with Gasteiger partial charge >= 0.3 is 5.97 Å². The van der Waals surface area contributed by atoms with Gasteiger partial charge in [0.1, 0.15) is 17.2 Å². The predicted octanol–water partition coefficient (Wildman–Crippen LogP) is 4.54. The van der Waals surface area contributed by atoms with Crippen LogP contribution in [0, 0.1) is 0 Å². The van der Waals surface area contributed by atoms with E-state index in [4.69, 9.17) is 9.47 Å². The van der Waals surface area contributed by atoms with Gasteiger partial charge < -0.3 is 14.6 Å². The highest BCUT2D eigenvalue weighted by atomic mass is 16.5. The average molecular weight is 440 g/mol. The average Bonchev–Trinajstić information content (AvgIpc) is 2.85. The number of phenolic OH excluding ortho intramolecular Hbond substituents is 1. The number of methoxy groups -OCH3 is 1.